The molecule has 4 nitrogen and oxygen atoms in total. The molecule has 0 fully saturated rings. The van der Waals surface area contributed by atoms with Crippen molar-refractivity contribution in [1.82, 2.24) is 4.98 Å². The number of nitrogens with zero attached hydrogens (tertiary/aromatic N) is 1. The van der Waals surface area contributed by atoms with Crippen molar-refractivity contribution in [2.24, 2.45) is 5.73 Å². The summed E-state index contributed by atoms with van der Waals surface area (Å²) in [6, 6.07) is 17.1. The van der Waals surface area contributed by atoms with E-state index in [9.17, 15) is 9.18 Å². The first-order valence-corrected chi connectivity index (χ1v) is 7.92. The Bertz CT molecular complexity index is 850. The van der Waals surface area contributed by atoms with Gasteiger partial charge in [0.2, 0.25) is 5.91 Å². The quantitative estimate of drug-likeness (QED) is 0.725. The first kappa shape index (κ1) is 16.6. The van der Waals surface area contributed by atoms with Gasteiger partial charge in [-0.2, -0.15) is 0 Å². The highest BCUT2D eigenvalue weighted by Crippen LogP contribution is 2.21. The van der Waals surface area contributed by atoms with Gasteiger partial charge in [0.25, 0.3) is 0 Å². The Kier molecular flexibility index (Phi) is 5.04. The van der Waals surface area contributed by atoms with Crippen LogP contribution < -0.4 is 11.1 Å². The van der Waals surface area contributed by atoms with Gasteiger partial charge in [-0.05, 0) is 53.1 Å². The summed E-state index contributed by atoms with van der Waals surface area (Å²) in [5.74, 6) is -0.815. The van der Waals surface area contributed by atoms with E-state index in [-0.39, 0.29) is 5.82 Å². The molecule has 2 aromatic carbocycles. The lowest BCUT2D eigenvalue weighted by Crippen LogP contribution is -2.37. The number of hydrogen-bond donors (Lipinski definition) is 2. The lowest BCUT2D eigenvalue weighted by molar-refractivity contribution is -0.118. The topological polar surface area (TPSA) is 68.0 Å². The molecule has 3 rings (SSSR count). The SMILES string of the molecule is NC(=O)C(Cc1cccc(F)c1)Nc1ccc(-c2ccncc2)cc1. The van der Waals surface area contributed by atoms with Gasteiger partial charge in [0.05, 0.1) is 0 Å². The molecular weight excluding hydrogens is 317 g/mol. The van der Waals surface area contributed by atoms with Crippen LogP contribution in [-0.4, -0.2) is 16.9 Å². The van der Waals surface area contributed by atoms with Crippen LogP contribution >= 0.6 is 0 Å². The van der Waals surface area contributed by atoms with Crippen molar-refractivity contribution < 1.29 is 9.18 Å². The van der Waals surface area contributed by atoms with Crippen molar-refractivity contribution in [3.63, 3.8) is 0 Å². The Hall–Kier alpha value is -3.21. The number of amides is 1. The van der Waals surface area contributed by atoms with Crippen molar-refractivity contribution in [2.75, 3.05) is 5.32 Å². The van der Waals surface area contributed by atoms with Gasteiger partial charge in [-0.15, -0.1) is 0 Å². The summed E-state index contributed by atoms with van der Waals surface area (Å²) in [7, 11) is 0. The number of anilines is 1. The number of pyridine rings is 1. The Morgan fingerprint density at radius 2 is 1.72 bits per heavy atom. The van der Waals surface area contributed by atoms with Crippen LogP contribution in [0, 0.1) is 5.82 Å². The van der Waals surface area contributed by atoms with E-state index in [1.165, 1.54) is 12.1 Å². The molecule has 0 radical (unpaired) electrons. The molecule has 0 saturated heterocycles. The standard InChI is InChI=1S/C20H18FN3O/c21-17-3-1-2-14(12-17)13-19(20(22)25)24-18-6-4-15(5-7-18)16-8-10-23-11-9-16/h1-12,19,24H,13H2,(H2,22,25). The summed E-state index contributed by atoms with van der Waals surface area (Å²) in [6.07, 6.45) is 3.80. The summed E-state index contributed by atoms with van der Waals surface area (Å²) in [5.41, 5.74) is 9.09. The molecule has 0 aliphatic carbocycles. The van der Waals surface area contributed by atoms with Gasteiger partial charge in [0.1, 0.15) is 11.9 Å². The van der Waals surface area contributed by atoms with E-state index in [1.807, 2.05) is 36.4 Å². The minimum atomic E-state index is -0.617. The largest absolute Gasteiger partial charge is 0.373 e. The van der Waals surface area contributed by atoms with Crippen molar-refractivity contribution in [3.8, 4) is 11.1 Å². The predicted octanol–water partition coefficient (Wildman–Crippen LogP) is 3.40. The number of halogens is 1. The van der Waals surface area contributed by atoms with Crippen molar-refractivity contribution >= 4 is 11.6 Å². The van der Waals surface area contributed by atoms with Crippen molar-refractivity contribution in [1.29, 1.82) is 0 Å². The Labute approximate surface area is 145 Å². The van der Waals surface area contributed by atoms with E-state index in [0.29, 0.717) is 12.0 Å². The Morgan fingerprint density at radius 3 is 2.36 bits per heavy atom. The summed E-state index contributed by atoms with van der Waals surface area (Å²) >= 11 is 0. The number of aromatic nitrogens is 1. The van der Waals surface area contributed by atoms with Crippen LogP contribution in [0.3, 0.4) is 0 Å². The van der Waals surface area contributed by atoms with E-state index in [4.69, 9.17) is 5.73 Å². The molecule has 0 spiro atoms. The van der Waals surface area contributed by atoms with E-state index < -0.39 is 11.9 Å². The number of hydrogen-bond acceptors (Lipinski definition) is 3. The summed E-state index contributed by atoms with van der Waals surface area (Å²) in [4.78, 5) is 15.7. The molecule has 0 aliphatic heterocycles. The number of nitrogens with two attached hydrogens (primary N) is 1. The molecule has 1 unspecified atom stereocenters. The van der Waals surface area contributed by atoms with Gasteiger partial charge in [0.15, 0.2) is 0 Å². The average molecular weight is 335 g/mol. The number of benzene rings is 2. The first-order valence-electron chi connectivity index (χ1n) is 7.92. The Balaban J connectivity index is 1.73. The highest BCUT2D eigenvalue weighted by Gasteiger charge is 2.16. The zero-order chi connectivity index (χ0) is 17.6. The second-order valence-electron chi connectivity index (χ2n) is 5.75. The summed E-state index contributed by atoms with van der Waals surface area (Å²) in [5, 5.41) is 3.12. The van der Waals surface area contributed by atoms with Crippen LogP contribution in [0.1, 0.15) is 5.56 Å². The molecule has 3 N–H and O–H groups in total. The summed E-state index contributed by atoms with van der Waals surface area (Å²) < 4.78 is 13.3. The van der Waals surface area contributed by atoms with Gasteiger partial charge >= 0.3 is 0 Å². The number of carbonyl (C=O) groups excluding carboxylic acids is 1. The lowest BCUT2D eigenvalue weighted by Gasteiger charge is -2.17. The lowest BCUT2D eigenvalue weighted by atomic mass is 10.0. The molecule has 0 saturated carbocycles. The number of rotatable bonds is 6. The van der Waals surface area contributed by atoms with E-state index in [0.717, 1.165) is 16.8 Å². The van der Waals surface area contributed by atoms with Crippen molar-refractivity contribution in [3.05, 3.63) is 84.4 Å². The van der Waals surface area contributed by atoms with Gasteiger partial charge in [0, 0.05) is 24.5 Å². The van der Waals surface area contributed by atoms with Gasteiger partial charge in [-0.3, -0.25) is 9.78 Å². The molecule has 5 heteroatoms. The zero-order valence-corrected chi connectivity index (χ0v) is 13.5. The fourth-order valence-electron chi connectivity index (χ4n) is 2.63. The van der Waals surface area contributed by atoms with Crippen LogP contribution in [0.5, 0.6) is 0 Å². The highest BCUT2D eigenvalue weighted by atomic mass is 19.1. The van der Waals surface area contributed by atoms with Crippen LogP contribution in [-0.2, 0) is 11.2 Å². The number of primary amides is 1. The van der Waals surface area contributed by atoms with Crippen LogP contribution in [0.15, 0.2) is 73.1 Å². The van der Waals surface area contributed by atoms with Gasteiger partial charge in [-0.1, -0.05) is 24.3 Å². The number of carbonyl (C=O) groups is 1. The third-order valence-corrected chi connectivity index (χ3v) is 3.91. The molecule has 1 atom stereocenters. The van der Waals surface area contributed by atoms with Gasteiger partial charge < -0.3 is 11.1 Å². The molecule has 25 heavy (non-hydrogen) atoms. The fraction of sp³-hybridized carbons (Fsp3) is 0.100. The van der Waals surface area contributed by atoms with E-state index in [1.54, 1.807) is 24.5 Å². The second-order valence-corrected chi connectivity index (χ2v) is 5.75. The normalized spacial score (nSPS) is 11.7. The third kappa shape index (κ3) is 4.41. The maximum absolute atomic E-state index is 13.3. The molecular formula is C20H18FN3O. The average Bonchev–Trinajstić information content (AvgIpc) is 2.62. The van der Waals surface area contributed by atoms with Gasteiger partial charge in [-0.25, -0.2) is 4.39 Å². The second kappa shape index (κ2) is 7.57. The van der Waals surface area contributed by atoms with E-state index in [2.05, 4.69) is 10.3 Å². The summed E-state index contributed by atoms with van der Waals surface area (Å²) in [6.45, 7) is 0. The predicted molar refractivity (Wildman–Crippen MR) is 96.4 cm³/mol. The molecule has 1 aromatic heterocycles. The maximum Gasteiger partial charge on any atom is 0.240 e. The smallest absolute Gasteiger partial charge is 0.240 e. The fourth-order valence-corrected chi connectivity index (χ4v) is 2.63. The van der Waals surface area contributed by atoms with Crippen LogP contribution in [0.4, 0.5) is 10.1 Å². The molecule has 3 aromatic rings. The molecule has 1 amide bonds. The van der Waals surface area contributed by atoms with Crippen molar-refractivity contribution in [2.45, 2.75) is 12.5 Å². The zero-order valence-electron chi connectivity index (χ0n) is 13.5. The minimum absolute atomic E-state index is 0.319. The molecule has 0 aliphatic rings. The highest BCUT2D eigenvalue weighted by molar-refractivity contribution is 5.83. The Morgan fingerprint density at radius 1 is 1.04 bits per heavy atom. The number of nitrogens with one attached hydrogen (secondary N) is 1. The monoisotopic (exact) mass is 335 g/mol. The molecule has 1 heterocycles. The van der Waals surface area contributed by atoms with Crippen LogP contribution in [0.25, 0.3) is 11.1 Å². The van der Waals surface area contributed by atoms with Crippen LogP contribution in [0.2, 0.25) is 0 Å². The molecule has 126 valence electrons. The minimum Gasteiger partial charge on any atom is -0.373 e. The first-order chi connectivity index (χ1) is 12.1. The molecule has 0 bridgehead atoms. The van der Waals surface area contributed by atoms with E-state index >= 15 is 0 Å². The maximum atomic E-state index is 13.3. The third-order valence-electron chi connectivity index (χ3n) is 3.91.